The molecule has 0 spiro atoms. The lowest BCUT2D eigenvalue weighted by Gasteiger charge is -2.00. The minimum Gasteiger partial charge on any atom is -0.497 e. The quantitative estimate of drug-likeness (QED) is 0.777. The number of hydrogen-bond acceptors (Lipinski definition) is 3. The first kappa shape index (κ1) is 12.1. The second-order valence-electron chi connectivity index (χ2n) is 3.79. The van der Waals surface area contributed by atoms with E-state index in [0.29, 0.717) is 5.82 Å². The number of benzene rings is 1. The minimum absolute atomic E-state index is 0.110. The molecule has 0 amide bonds. The number of methoxy groups -OCH3 is 1. The van der Waals surface area contributed by atoms with Crippen molar-refractivity contribution in [1.29, 1.82) is 0 Å². The number of carbonyl (C=O) groups is 1. The molecule has 0 aliphatic heterocycles. The molecule has 0 atom stereocenters. The molecule has 0 fully saturated rings. The molecule has 0 unspecified atom stereocenters. The van der Waals surface area contributed by atoms with Crippen LogP contribution < -0.4 is 4.74 Å². The van der Waals surface area contributed by atoms with Gasteiger partial charge in [0, 0.05) is 18.5 Å². The molecule has 0 aliphatic rings. The zero-order chi connectivity index (χ0) is 13.0. The topological polar surface area (TPSA) is 44.1 Å². The largest absolute Gasteiger partial charge is 0.497 e. The maximum Gasteiger partial charge on any atom is 0.256 e. The van der Waals surface area contributed by atoms with Gasteiger partial charge in [0.1, 0.15) is 11.6 Å². The van der Waals surface area contributed by atoms with Crippen LogP contribution in [0.3, 0.4) is 0 Å². The van der Waals surface area contributed by atoms with Gasteiger partial charge in [-0.15, -0.1) is 0 Å². The number of aryl methyl sites for hydroxylation is 1. The van der Waals surface area contributed by atoms with E-state index in [1.165, 1.54) is 10.6 Å². The molecule has 1 aromatic carbocycles. The van der Waals surface area contributed by atoms with E-state index in [1.807, 2.05) is 24.3 Å². The predicted molar refractivity (Wildman–Crippen MR) is 69.6 cm³/mol. The van der Waals surface area contributed by atoms with Crippen molar-refractivity contribution >= 4 is 12.0 Å². The van der Waals surface area contributed by atoms with E-state index >= 15 is 0 Å². The Morgan fingerprint density at radius 1 is 1.33 bits per heavy atom. The van der Waals surface area contributed by atoms with Gasteiger partial charge in [-0.2, -0.15) is 0 Å². The number of imidazole rings is 1. The van der Waals surface area contributed by atoms with E-state index in [1.54, 1.807) is 32.5 Å². The van der Waals surface area contributed by atoms with Crippen LogP contribution in [0.4, 0.5) is 0 Å². The first-order chi connectivity index (χ1) is 8.70. The van der Waals surface area contributed by atoms with E-state index < -0.39 is 0 Å². The molecule has 0 N–H and O–H groups in total. The fourth-order valence-electron chi connectivity index (χ4n) is 1.57. The van der Waals surface area contributed by atoms with Gasteiger partial charge in [-0.3, -0.25) is 9.36 Å². The molecule has 0 radical (unpaired) electrons. The van der Waals surface area contributed by atoms with Crippen LogP contribution in [-0.4, -0.2) is 22.6 Å². The summed E-state index contributed by atoms with van der Waals surface area (Å²) in [5.41, 5.74) is 0.946. The Labute approximate surface area is 106 Å². The average Bonchev–Trinajstić information content (AvgIpc) is 2.83. The monoisotopic (exact) mass is 242 g/mol. The highest BCUT2D eigenvalue weighted by atomic mass is 16.5. The molecule has 4 nitrogen and oxygen atoms in total. The first-order valence-electron chi connectivity index (χ1n) is 5.57. The van der Waals surface area contributed by atoms with Crippen LogP contribution >= 0.6 is 0 Å². The highest BCUT2D eigenvalue weighted by Gasteiger charge is 2.02. The fraction of sp³-hybridized carbons (Fsp3) is 0.143. The average molecular weight is 242 g/mol. The van der Waals surface area contributed by atoms with Crippen LogP contribution in [0, 0.1) is 6.92 Å². The van der Waals surface area contributed by atoms with Gasteiger partial charge >= 0.3 is 0 Å². The van der Waals surface area contributed by atoms with Crippen molar-refractivity contribution in [3.05, 3.63) is 54.1 Å². The summed E-state index contributed by atoms with van der Waals surface area (Å²) in [7, 11) is 1.62. The summed E-state index contributed by atoms with van der Waals surface area (Å²) in [5.74, 6) is 1.36. The van der Waals surface area contributed by atoms with E-state index in [2.05, 4.69) is 4.98 Å². The molecular formula is C14H14N2O2. The van der Waals surface area contributed by atoms with Crippen LogP contribution in [0.25, 0.3) is 6.08 Å². The lowest BCUT2D eigenvalue weighted by molar-refractivity contribution is 0.0967. The summed E-state index contributed by atoms with van der Waals surface area (Å²) in [6.07, 6.45) is 6.54. The zero-order valence-corrected chi connectivity index (χ0v) is 10.3. The number of ether oxygens (including phenoxy) is 1. The van der Waals surface area contributed by atoms with Crippen molar-refractivity contribution in [2.45, 2.75) is 6.92 Å². The SMILES string of the molecule is COc1ccc(C=CC(=O)n2ccnc2C)cc1. The van der Waals surface area contributed by atoms with Crippen LogP contribution in [0.1, 0.15) is 16.2 Å². The Morgan fingerprint density at radius 3 is 2.61 bits per heavy atom. The van der Waals surface area contributed by atoms with Gasteiger partial charge < -0.3 is 4.74 Å². The number of hydrogen-bond donors (Lipinski definition) is 0. The van der Waals surface area contributed by atoms with Crippen molar-refractivity contribution in [1.82, 2.24) is 9.55 Å². The summed E-state index contributed by atoms with van der Waals surface area (Å²) in [5, 5.41) is 0. The molecule has 0 aliphatic carbocycles. The fourth-order valence-corrected chi connectivity index (χ4v) is 1.57. The number of nitrogens with zero attached hydrogens (tertiary/aromatic N) is 2. The van der Waals surface area contributed by atoms with Crippen molar-refractivity contribution < 1.29 is 9.53 Å². The van der Waals surface area contributed by atoms with Gasteiger partial charge in [-0.1, -0.05) is 12.1 Å². The van der Waals surface area contributed by atoms with Crippen molar-refractivity contribution in [3.8, 4) is 5.75 Å². The molecule has 1 aromatic heterocycles. The molecular weight excluding hydrogens is 228 g/mol. The number of allylic oxidation sites excluding steroid dienone is 1. The highest BCUT2D eigenvalue weighted by molar-refractivity contribution is 5.93. The third-order valence-corrected chi connectivity index (χ3v) is 2.60. The number of carbonyl (C=O) groups excluding carboxylic acids is 1. The lowest BCUT2D eigenvalue weighted by atomic mass is 10.2. The third kappa shape index (κ3) is 2.66. The Kier molecular flexibility index (Phi) is 3.57. The van der Waals surface area contributed by atoms with Gasteiger partial charge in [0.15, 0.2) is 0 Å². The van der Waals surface area contributed by atoms with Gasteiger partial charge in [0.25, 0.3) is 5.91 Å². The molecule has 0 saturated heterocycles. The molecule has 92 valence electrons. The van der Waals surface area contributed by atoms with Gasteiger partial charge in [0.2, 0.25) is 0 Å². The Morgan fingerprint density at radius 2 is 2.06 bits per heavy atom. The second-order valence-corrected chi connectivity index (χ2v) is 3.79. The molecule has 0 bridgehead atoms. The first-order valence-corrected chi connectivity index (χ1v) is 5.57. The Bertz CT molecular complexity index is 568. The Balaban J connectivity index is 2.11. The predicted octanol–water partition coefficient (Wildman–Crippen LogP) is 2.55. The Hall–Kier alpha value is -2.36. The zero-order valence-electron chi connectivity index (χ0n) is 10.3. The van der Waals surface area contributed by atoms with Gasteiger partial charge in [0.05, 0.1) is 7.11 Å². The van der Waals surface area contributed by atoms with Crippen molar-refractivity contribution in [3.63, 3.8) is 0 Å². The minimum atomic E-state index is -0.110. The van der Waals surface area contributed by atoms with Gasteiger partial charge in [-0.25, -0.2) is 4.98 Å². The standard InChI is InChI=1S/C14H14N2O2/c1-11-15-9-10-16(11)14(17)8-5-12-3-6-13(18-2)7-4-12/h3-10H,1-2H3. The molecule has 2 aromatic rings. The highest BCUT2D eigenvalue weighted by Crippen LogP contribution is 2.12. The summed E-state index contributed by atoms with van der Waals surface area (Å²) in [6.45, 7) is 1.79. The normalized spacial score (nSPS) is 10.8. The third-order valence-electron chi connectivity index (χ3n) is 2.60. The van der Waals surface area contributed by atoms with E-state index in [4.69, 9.17) is 4.74 Å². The van der Waals surface area contributed by atoms with Crippen LogP contribution in [0.2, 0.25) is 0 Å². The number of aromatic nitrogens is 2. The lowest BCUT2D eigenvalue weighted by Crippen LogP contribution is -2.07. The summed E-state index contributed by atoms with van der Waals surface area (Å²) >= 11 is 0. The van der Waals surface area contributed by atoms with Crippen LogP contribution in [0.15, 0.2) is 42.7 Å². The number of rotatable bonds is 3. The van der Waals surface area contributed by atoms with Crippen molar-refractivity contribution in [2.24, 2.45) is 0 Å². The summed E-state index contributed by atoms with van der Waals surface area (Å²) in [6, 6.07) is 7.49. The molecule has 18 heavy (non-hydrogen) atoms. The molecule has 2 rings (SSSR count). The molecule has 0 saturated carbocycles. The summed E-state index contributed by atoms with van der Waals surface area (Å²) in [4.78, 5) is 15.8. The van der Waals surface area contributed by atoms with E-state index in [-0.39, 0.29) is 5.91 Å². The van der Waals surface area contributed by atoms with Crippen LogP contribution in [0.5, 0.6) is 5.75 Å². The summed E-state index contributed by atoms with van der Waals surface area (Å²) < 4.78 is 6.57. The smallest absolute Gasteiger partial charge is 0.256 e. The second kappa shape index (κ2) is 5.31. The van der Waals surface area contributed by atoms with Gasteiger partial charge in [-0.05, 0) is 30.7 Å². The molecule has 1 heterocycles. The maximum absolute atomic E-state index is 11.8. The van der Waals surface area contributed by atoms with Crippen molar-refractivity contribution in [2.75, 3.05) is 7.11 Å². The molecule has 4 heteroatoms. The van der Waals surface area contributed by atoms with E-state index in [0.717, 1.165) is 11.3 Å². The van der Waals surface area contributed by atoms with Crippen LogP contribution in [-0.2, 0) is 0 Å². The van der Waals surface area contributed by atoms with E-state index in [9.17, 15) is 4.79 Å². The maximum atomic E-state index is 11.8.